The van der Waals surface area contributed by atoms with E-state index in [0.29, 0.717) is 18.6 Å². The average molecular weight is 534 g/mol. The highest BCUT2D eigenvalue weighted by Gasteiger charge is 2.32. The van der Waals surface area contributed by atoms with Gasteiger partial charge >= 0.3 is 0 Å². The van der Waals surface area contributed by atoms with E-state index in [-0.39, 0.29) is 29.9 Å². The van der Waals surface area contributed by atoms with E-state index in [1.807, 2.05) is 51.1 Å². The minimum Gasteiger partial charge on any atom is -0.497 e. The van der Waals surface area contributed by atoms with Gasteiger partial charge in [0.2, 0.25) is 21.8 Å². The van der Waals surface area contributed by atoms with Gasteiger partial charge in [-0.05, 0) is 43.9 Å². The Balaban J connectivity index is 2.45. The van der Waals surface area contributed by atoms with Crippen LogP contribution in [-0.4, -0.2) is 70.8 Å². The van der Waals surface area contributed by atoms with Gasteiger partial charge < -0.3 is 19.7 Å². The second-order valence-corrected chi connectivity index (χ2v) is 10.8. The molecule has 204 valence electrons. The number of ether oxygens (including phenoxy) is 2. The van der Waals surface area contributed by atoms with Crippen molar-refractivity contribution in [2.75, 3.05) is 37.9 Å². The summed E-state index contributed by atoms with van der Waals surface area (Å²) in [4.78, 5) is 28.4. The Kier molecular flexibility index (Phi) is 11.2. The highest BCUT2D eigenvalue weighted by molar-refractivity contribution is 7.92. The third kappa shape index (κ3) is 8.38. The number of hydrogen-bond donors (Lipinski definition) is 1. The van der Waals surface area contributed by atoms with Gasteiger partial charge in [-0.1, -0.05) is 44.2 Å². The molecule has 0 aliphatic carbocycles. The Bertz CT molecular complexity index is 1140. The Labute approximate surface area is 220 Å². The molecule has 9 nitrogen and oxygen atoms in total. The summed E-state index contributed by atoms with van der Waals surface area (Å²) in [7, 11) is -1.01. The van der Waals surface area contributed by atoms with Crippen molar-refractivity contribution in [1.29, 1.82) is 0 Å². The van der Waals surface area contributed by atoms with Crippen LogP contribution in [0.2, 0.25) is 0 Å². The van der Waals surface area contributed by atoms with Gasteiger partial charge in [0.15, 0.2) is 0 Å². The third-order valence-electron chi connectivity index (χ3n) is 6.21. The summed E-state index contributed by atoms with van der Waals surface area (Å²) < 4.78 is 37.4. The number of sulfonamides is 1. The molecule has 2 atom stereocenters. The maximum absolute atomic E-state index is 13.8. The van der Waals surface area contributed by atoms with Gasteiger partial charge in [-0.25, -0.2) is 8.42 Å². The summed E-state index contributed by atoms with van der Waals surface area (Å²) in [5, 5.41) is 2.96. The van der Waals surface area contributed by atoms with E-state index in [0.717, 1.165) is 22.5 Å². The van der Waals surface area contributed by atoms with Crippen molar-refractivity contribution in [3.05, 3.63) is 54.1 Å². The molecule has 37 heavy (non-hydrogen) atoms. The molecule has 0 fully saturated rings. The van der Waals surface area contributed by atoms with Crippen molar-refractivity contribution in [2.24, 2.45) is 0 Å². The lowest BCUT2D eigenvalue weighted by molar-refractivity contribution is -0.139. The number of carbonyl (C=O) groups is 2. The van der Waals surface area contributed by atoms with Crippen molar-refractivity contribution >= 4 is 27.5 Å². The summed E-state index contributed by atoms with van der Waals surface area (Å²) >= 11 is 0. The number of benzene rings is 2. The Hall–Kier alpha value is -3.27. The normalized spacial score (nSPS) is 12.8. The molecule has 0 saturated heterocycles. The number of anilines is 1. The van der Waals surface area contributed by atoms with Gasteiger partial charge in [0.05, 0.1) is 26.2 Å². The number of nitrogens with one attached hydrogen (secondary N) is 1. The van der Waals surface area contributed by atoms with Crippen LogP contribution in [0.25, 0.3) is 0 Å². The summed E-state index contributed by atoms with van der Waals surface area (Å²) in [6.07, 6.45) is 2.67. The SMILES string of the molecule is CC[C@H](C)NC(=O)[C@H](CC)N(CCc1ccccc1)C(=O)CN(c1cc(OC)ccc1OC)S(C)(=O)=O. The predicted octanol–water partition coefficient (Wildman–Crippen LogP) is 3.23. The molecule has 0 saturated carbocycles. The summed E-state index contributed by atoms with van der Waals surface area (Å²) in [5.41, 5.74) is 1.18. The largest absolute Gasteiger partial charge is 0.497 e. The van der Waals surface area contributed by atoms with Gasteiger partial charge in [0.25, 0.3) is 0 Å². The lowest BCUT2D eigenvalue weighted by Gasteiger charge is -2.33. The van der Waals surface area contributed by atoms with E-state index >= 15 is 0 Å². The Morgan fingerprint density at radius 2 is 1.68 bits per heavy atom. The smallest absolute Gasteiger partial charge is 0.244 e. The van der Waals surface area contributed by atoms with Gasteiger partial charge in [0.1, 0.15) is 24.1 Å². The second-order valence-electron chi connectivity index (χ2n) is 8.87. The maximum Gasteiger partial charge on any atom is 0.244 e. The van der Waals surface area contributed by atoms with Crippen LogP contribution in [0.4, 0.5) is 5.69 Å². The van der Waals surface area contributed by atoms with Gasteiger partial charge in [-0.2, -0.15) is 0 Å². The zero-order chi connectivity index (χ0) is 27.6. The van der Waals surface area contributed by atoms with E-state index in [1.54, 1.807) is 12.1 Å². The topological polar surface area (TPSA) is 105 Å². The number of carbonyl (C=O) groups excluding carboxylic acids is 2. The maximum atomic E-state index is 13.8. The van der Waals surface area contributed by atoms with Crippen molar-refractivity contribution in [3.63, 3.8) is 0 Å². The van der Waals surface area contributed by atoms with E-state index < -0.39 is 28.5 Å². The Morgan fingerprint density at radius 3 is 2.22 bits per heavy atom. The molecule has 0 radical (unpaired) electrons. The number of amides is 2. The monoisotopic (exact) mass is 533 g/mol. The predicted molar refractivity (Wildman–Crippen MR) is 146 cm³/mol. The first-order chi connectivity index (χ1) is 17.5. The molecular weight excluding hydrogens is 494 g/mol. The highest BCUT2D eigenvalue weighted by Crippen LogP contribution is 2.34. The van der Waals surface area contributed by atoms with Crippen molar-refractivity contribution in [1.82, 2.24) is 10.2 Å². The minimum absolute atomic E-state index is 0.0545. The molecule has 2 aromatic carbocycles. The molecule has 0 bridgehead atoms. The van der Waals surface area contributed by atoms with Crippen LogP contribution in [0.3, 0.4) is 0 Å². The van der Waals surface area contributed by atoms with E-state index in [9.17, 15) is 18.0 Å². The van der Waals surface area contributed by atoms with Gasteiger partial charge in [-0.15, -0.1) is 0 Å². The Morgan fingerprint density at radius 1 is 1.00 bits per heavy atom. The van der Waals surface area contributed by atoms with Gasteiger partial charge in [-0.3, -0.25) is 13.9 Å². The molecule has 0 unspecified atom stereocenters. The highest BCUT2D eigenvalue weighted by atomic mass is 32.2. The van der Waals surface area contributed by atoms with Crippen LogP contribution in [-0.2, 0) is 26.0 Å². The number of hydrogen-bond acceptors (Lipinski definition) is 6. The lowest BCUT2D eigenvalue weighted by atomic mass is 10.1. The van der Waals surface area contributed by atoms with Crippen LogP contribution < -0.4 is 19.1 Å². The van der Waals surface area contributed by atoms with Crippen molar-refractivity contribution in [3.8, 4) is 11.5 Å². The van der Waals surface area contributed by atoms with E-state index in [4.69, 9.17) is 9.47 Å². The van der Waals surface area contributed by atoms with Crippen LogP contribution in [0.1, 0.15) is 39.2 Å². The van der Waals surface area contributed by atoms with E-state index in [1.165, 1.54) is 25.2 Å². The first-order valence-corrected chi connectivity index (χ1v) is 14.2. The molecule has 0 aromatic heterocycles. The molecule has 0 aliphatic rings. The first kappa shape index (κ1) is 30.0. The standard InChI is InChI=1S/C27H39N3O6S/c1-7-20(3)28-27(32)23(8-2)29(17-16-21-12-10-9-11-13-21)26(31)19-30(37(6,33)34)24-18-22(35-4)14-15-25(24)36-5/h9-15,18,20,23H,7-8,16-17,19H2,1-6H3,(H,28,32)/t20-,23-/m0/s1. The van der Waals surface area contributed by atoms with Crippen LogP contribution >= 0.6 is 0 Å². The molecule has 2 rings (SSSR count). The molecule has 1 N–H and O–H groups in total. The second kappa shape index (κ2) is 13.9. The molecule has 2 amide bonds. The fourth-order valence-electron chi connectivity index (χ4n) is 3.92. The molecule has 0 spiro atoms. The van der Waals surface area contributed by atoms with Crippen molar-refractivity contribution < 1.29 is 27.5 Å². The summed E-state index contributed by atoms with van der Waals surface area (Å²) in [6, 6.07) is 13.6. The molecule has 2 aromatic rings. The summed E-state index contributed by atoms with van der Waals surface area (Å²) in [5.74, 6) is -0.0610. The third-order valence-corrected chi connectivity index (χ3v) is 7.33. The fourth-order valence-corrected chi connectivity index (χ4v) is 4.77. The lowest BCUT2D eigenvalue weighted by Crippen LogP contribution is -2.54. The number of methoxy groups -OCH3 is 2. The quantitative estimate of drug-likeness (QED) is 0.400. The summed E-state index contributed by atoms with van der Waals surface area (Å²) in [6.45, 7) is 5.46. The van der Waals surface area contributed by atoms with E-state index in [2.05, 4.69) is 5.32 Å². The molecule has 10 heteroatoms. The molecule has 0 heterocycles. The zero-order valence-electron chi connectivity index (χ0n) is 22.6. The minimum atomic E-state index is -3.90. The zero-order valence-corrected chi connectivity index (χ0v) is 23.4. The van der Waals surface area contributed by atoms with Crippen LogP contribution in [0.5, 0.6) is 11.5 Å². The molecule has 0 aliphatic heterocycles. The van der Waals surface area contributed by atoms with Crippen LogP contribution in [0, 0.1) is 0 Å². The molecular formula is C27H39N3O6S. The van der Waals surface area contributed by atoms with Gasteiger partial charge in [0, 0.05) is 18.7 Å². The van der Waals surface area contributed by atoms with Crippen molar-refractivity contribution in [2.45, 2.75) is 52.1 Å². The first-order valence-electron chi connectivity index (χ1n) is 12.4. The average Bonchev–Trinajstić information content (AvgIpc) is 2.88. The number of nitrogens with zero attached hydrogens (tertiary/aromatic N) is 2. The fraction of sp³-hybridized carbons (Fsp3) is 0.481. The number of rotatable bonds is 14. The van der Waals surface area contributed by atoms with Crippen LogP contribution in [0.15, 0.2) is 48.5 Å².